The van der Waals surface area contributed by atoms with Gasteiger partial charge in [-0.25, -0.2) is 8.42 Å². The average Bonchev–Trinajstić information content (AvgIpc) is 2.77. The molecule has 154 valence electrons. The second kappa shape index (κ2) is 9.60. The number of nitrogens with one attached hydrogen (secondary N) is 1. The van der Waals surface area contributed by atoms with Crippen LogP contribution in [0.3, 0.4) is 0 Å². The predicted molar refractivity (Wildman–Crippen MR) is 114 cm³/mol. The summed E-state index contributed by atoms with van der Waals surface area (Å²) >= 11 is 0. The first-order chi connectivity index (χ1) is 14.0. The van der Waals surface area contributed by atoms with Crippen LogP contribution < -0.4 is 14.4 Å². The minimum absolute atomic E-state index is 0.130. The van der Waals surface area contributed by atoms with E-state index >= 15 is 0 Å². The van der Waals surface area contributed by atoms with Crippen molar-refractivity contribution in [2.24, 2.45) is 0 Å². The number of allylic oxidation sites excluding steroid dienone is 1. The second-order valence-corrected chi connectivity index (χ2v) is 8.77. The quantitative estimate of drug-likeness (QED) is 0.671. The van der Waals surface area contributed by atoms with Crippen LogP contribution in [0.15, 0.2) is 71.1 Å². The Morgan fingerprint density at radius 1 is 1.10 bits per heavy atom. The van der Waals surface area contributed by atoms with E-state index in [9.17, 15) is 13.2 Å². The standard InChI is InChI=1S/C22H26N2O4S/c1-28-20-12-8-11-19(15-20)24(29(26,27)21-13-6-3-7-14-21)17-22(25)23-16-18-9-4-2-5-10-18/h3,6-9,11-15H,2,4-5,10,16-17H2,1H3,(H,23,25). The monoisotopic (exact) mass is 414 g/mol. The van der Waals surface area contributed by atoms with Crippen molar-refractivity contribution in [3.8, 4) is 5.75 Å². The highest BCUT2D eigenvalue weighted by molar-refractivity contribution is 7.92. The maximum atomic E-state index is 13.3. The summed E-state index contributed by atoms with van der Waals surface area (Å²) in [6.45, 7) is 0.147. The fourth-order valence-corrected chi connectivity index (χ4v) is 4.70. The topological polar surface area (TPSA) is 75.7 Å². The van der Waals surface area contributed by atoms with Crippen LogP contribution in [0.25, 0.3) is 0 Å². The van der Waals surface area contributed by atoms with E-state index in [2.05, 4.69) is 11.4 Å². The highest BCUT2D eigenvalue weighted by Gasteiger charge is 2.27. The summed E-state index contributed by atoms with van der Waals surface area (Å²) in [5, 5.41) is 2.86. The lowest BCUT2D eigenvalue weighted by Crippen LogP contribution is -2.41. The van der Waals surface area contributed by atoms with Crippen LogP contribution >= 0.6 is 0 Å². The molecule has 0 heterocycles. The van der Waals surface area contributed by atoms with Gasteiger partial charge in [-0.2, -0.15) is 0 Å². The van der Waals surface area contributed by atoms with Gasteiger partial charge >= 0.3 is 0 Å². The molecule has 0 unspecified atom stereocenters. The van der Waals surface area contributed by atoms with Crippen molar-refractivity contribution in [3.63, 3.8) is 0 Å². The summed E-state index contributed by atoms with van der Waals surface area (Å²) in [5.41, 5.74) is 1.57. The van der Waals surface area contributed by atoms with E-state index in [1.54, 1.807) is 42.5 Å². The zero-order valence-corrected chi connectivity index (χ0v) is 17.3. The molecule has 0 atom stereocenters. The van der Waals surface area contributed by atoms with Gasteiger partial charge in [-0.3, -0.25) is 9.10 Å². The van der Waals surface area contributed by atoms with Crippen molar-refractivity contribution in [1.29, 1.82) is 0 Å². The number of hydrogen-bond acceptors (Lipinski definition) is 4. The maximum Gasteiger partial charge on any atom is 0.264 e. The second-order valence-electron chi connectivity index (χ2n) is 6.91. The van der Waals surface area contributed by atoms with Gasteiger partial charge in [-0.1, -0.05) is 35.9 Å². The summed E-state index contributed by atoms with van der Waals surface area (Å²) in [6.07, 6.45) is 6.46. The lowest BCUT2D eigenvalue weighted by Gasteiger charge is -2.24. The van der Waals surface area contributed by atoms with Gasteiger partial charge in [0.1, 0.15) is 12.3 Å². The van der Waals surface area contributed by atoms with E-state index in [4.69, 9.17) is 4.74 Å². The zero-order valence-electron chi connectivity index (χ0n) is 16.5. The van der Waals surface area contributed by atoms with Crippen LogP contribution in [0, 0.1) is 0 Å². The van der Waals surface area contributed by atoms with Crippen molar-refractivity contribution in [2.45, 2.75) is 30.6 Å². The van der Waals surface area contributed by atoms with Crippen LogP contribution in [0.4, 0.5) is 5.69 Å². The van der Waals surface area contributed by atoms with Crippen molar-refractivity contribution in [1.82, 2.24) is 5.32 Å². The summed E-state index contributed by atoms with van der Waals surface area (Å²) in [7, 11) is -2.40. The fourth-order valence-electron chi connectivity index (χ4n) is 3.26. The highest BCUT2D eigenvalue weighted by atomic mass is 32.2. The third-order valence-electron chi connectivity index (χ3n) is 4.86. The minimum atomic E-state index is -3.92. The zero-order chi connectivity index (χ0) is 20.7. The van der Waals surface area contributed by atoms with E-state index < -0.39 is 10.0 Å². The molecule has 2 aromatic rings. The Bertz CT molecular complexity index is 971. The van der Waals surface area contributed by atoms with Crippen molar-refractivity contribution in [2.75, 3.05) is 24.5 Å². The van der Waals surface area contributed by atoms with Crippen LogP contribution in [0.5, 0.6) is 5.75 Å². The molecule has 0 saturated carbocycles. The molecule has 1 aliphatic carbocycles. The Balaban J connectivity index is 1.84. The summed E-state index contributed by atoms with van der Waals surface area (Å²) < 4.78 is 32.9. The number of anilines is 1. The van der Waals surface area contributed by atoms with Crippen molar-refractivity contribution >= 4 is 21.6 Å². The van der Waals surface area contributed by atoms with E-state index in [-0.39, 0.29) is 17.3 Å². The highest BCUT2D eigenvalue weighted by Crippen LogP contribution is 2.26. The number of ether oxygens (including phenoxy) is 1. The van der Waals surface area contributed by atoms with Crippen molar-refractivity contribution < 1.29 is 17.9 Å². The Kier molecular flexibility index (Phi) is 6.93. The molecule has 6 nitrogen and oxygen atoms in total. The van der Waals surface area contributed by atoms with Gasteiger partial charge in [-0.15, -0.1) is 0 Å². The smallest absolute Gasteiger partial charge is 0.264 e. The Hall–Kier alpha value is -2.80. The third kappa shape index (κ3) is 5.38. The number of amides is 1. The molecule has 0 fully saturated rings. The average molecular weight is 415 g/mol. The van der Waals surface area contributed by atoms with Gasteiger partial charge in [0.25, 0.3) is 10.0 Å². The molecule has 0 spiro atoms. The first kappa shape index (κ1) is 20.9. The van der Waals surface area contributed by atoms with Gasteiger partial charge < -0.3 is 10.1 Å². The van der Waals surface area contributed by atoms with E-state index in [1.807, 2.05) is 0 Å². The van der Waals surface area contributed by atoms with Gasteiger partial charge in [0.05, 0.1) is 17.7 Å². The molecule has 0 saturated heterocycles. The van der Waals surface area contributed by atoms with Gasteiger partial charge in [0.2, 0.25) is 5.91 Å². The Morgan fingerprint density at radius 3 is 2.59 bits per heavy atom. The molecule has 0 aliphatic heterocycles. The van der Waals surface area contributed by atoms with E-state index in [0.29, 0.717) is 18.0 Å². The van der Waals surface area contributed by atoms with Crippen LogP contribution in [-0.2, 0) is 14.8 Å². The summed E-state index contributed by atoms with van der Waals surface area (Å²) in [5.74, 6) is 0.169. The van der Waals surface area contributed by atoms with Crippen LogP contribution in [0.2, 0.25) is 0 Å². The molecule has 29 heavy (non-hydrogen) atoms. The molecule has 3 rings (SSSR count). The number of carbonyl (C=O) groups excluding carboxylic acids is 1. The molecule has 1 N–H and O–H groups in total. The normalized spacial score (nSPS) is 14.0. The van der Waals surface area contributed by atoms with Gasteiger partial charge in [0.15, 0.2) is 0 Å². The summed E-state index contributed by atoms with van der Waals surface area (Å²) in [4.78, 5) is 12.8. The van der Waals surface area contributed by atoms with Crippen LogP contribution in [0.1, 0.15) is 25.7 Å². The molecule has 0 bridgehead atoms. The van der Waals surface area contributed by atoms with E-state index in [1.165, 1.54) is 31.2 Å². The van der Waals surface area contributed by atoms with Crippen LogP contribution in [-0.4, -0.2) is 34.5 Å². The Morgan fingerprint density at radius 2 is 1.90 bits per heavy atom. The number of benzene rings is 2. The first-order valence-electron chi connectivity index (χ1n) is 9.67. The number of sulfonamides is 1. The SMILES string of the molecule is COc1cccc(N(CC(=O)NCC2=CCCCC2)S(=O)(=O)c2ccccc2)c1. The third-order valence-corrected chi connectivity index (χ3v) is 6.65. The Labute approximate surface area is 172 Å². The molecular weight excluding hydrogens is 388 g/mol. The fraction of sp³-hybridized carbons (Fsp3) is 0.318. The number of rotatable bonds is 8. The lowest BCUT2D eigenvalue weighted by molar-refractivity contribution is -0.119. The predicted octanol–water partition coefficient (Wildman–Crippen LogP) is 3.51. The largest absolute Gasteiger partial charge is 0.497 e. The number of carbonyl (C=O) groups is 1. The summed E-state index contributed by atoms with van der Waals surface area (Å²) in [6, 6.07) is 14.8. The molecule has 0 radical (unpaired) electrons. The first-order valence-corrected chi connectivity index (χ1v) is 11.1. The molecule has 1 amide bonds. The molecular formula is C22H26N2O4S. The maximum absolute atomic E-state index is 13.3. The number of hydrogen-bond donors (Lipinski definition) is 1. The van der Waals surface area contributed by atoms with E-state index in [0.717, 1.165) is 23.6 Å². The molecule has 2 aromatic carbocycles. The van der Waals surface area contributed by atoms with Gasteiger partial charge in [0, 0.05) is 12.6 Å². The lowest BCUT2D eigenvalue weighted by atomic mass is 10.00. The molecule has 7 heteroatoms. The van der Waals surface area contributed by atoms with Gasteiger partial charge in [-0.05, 0) is 49.9 Å². The molecule has 1 aliphatic rings. The van der Waals surface area contributed by atoms with Crippen molar-refractivity contribution in [3.05, 3.63) is 66.2 Å². The number of methoxy groups -OCH3 is 1. The number of nitrogens with zero attached hydrogens (tertiary/aromatic N) is 1. The minimum Gasteiger partial charge on any atom is -0.497 e. The molecule has 0 aromatic heterocycles.